The van der Waals surface area contributed by atoms with Crippen LogP contribution in [0.3, 0.4) is 0 Å². The Morgan fingerprint density at radius 1 is 1.37 bits per heavy atom. The summed E-state index contributed by atoms with van der Waals surface area (Å²) < 4.78 is 13.1. The average molecular weight is 281 g/mol. The van der Waals surface area contributed by atoms with Crippen LogP contribution in [0.2, 0.25) is 5.02 Å². The van der Waals surface area contributed by atoms with E-state index in [1.165, 1.54) is 18.2 Å². The zero-order valence-corrected chi connectivity index (χ0v) is 10.7. The second-order valence-corrected chi connectivity index (χ2v) is 4.29. The third kappa shape index (κ3) is 2.48. The Hall–Kier alpha value is -2.21. The van der Waals surface area contributed by atoms with Crippen LogP contribution in [0.25, 0.3) is 11.4 Å². The summed E-state index contributed by atoms with van der Waals surface area (Å²) in [5, 5.41) is -0.0451. The zero-order valence-electron chi connectivity index (χ0n) is 9.95. The van der Waals surface area contributed by atoms with Gasteiger partial charge in [0.15, 0.2) is 5.82 Å². The molecule has 0 unspecified atom stereocenters. The standard InChI is InChI=1S/C12H10ClFN4O/c1-5-9(11(16)19)10(15)18-12(17-5)6-2-3-8(14)7(13)4-6/h2-4H,1H3,(H2,16,19)(H2,15,17,18). The third-order valence-electron chi connectivity index (χ3n) is 2.54. The van der Waals surface area contributed by atoms with E-state index in [1.54, 1.807) is 6.92 Å². The normalized spacial score (nSPS) is 10.5. The van der Waals surface area contributed by atoms with Crippen LogP contribution in [0, 0.1) is 12.7 Å². The summed E-state index contributed by atoms with van der Waals surface area (Å²) in [7, 11) is 0. The minimum absolute atomic E-state index is 0.0181. The van der Waals surface area contributed by atoms with Crippen LogP contribution in [0.15, 0.2) is 18.2 Å². The Morgan fingerprint density at radius 2 is 2.05 bits per heavy atom. The van der Waals surface area contributed by atoms with Gasteiger partial charge in [-0.05, 0) is 25.1 Å². The number of nitrogen functional groups attached to an aromatic ring is 1. The van der Waals surface area contributed by atoms with E-state index in [-0.39, 0.29) is 22.2 Å². The van der Waals surface area contributed by atoms with E-state index in [0.29, 0.717) is 11.3 Å². The quantitative estimate of drug-likeness (QED) is 0.878. The van der Waals surface area contributed by atoms with Crippen LogP contribution in [0.1, 0.15) is 16.1 Å². The van der Waals surface area contributed by atoms with E-state index in [4.69, 9.17) is 23.1 Å². The molecule has 0 aliphatic rings. The van der Waals surface area contributed by atoms with E-state index in [0.717, 1.165) is 0 Å². The molecule has 0 aliphatic heterocycles. The summed E-state index contributed by atoms with van der Waals surface area (Å²) in [4.78, 5) is 19.3. The monoisotopic (exact) mass is 280 g/mol. The van der Waals surface area contributed by atoms with Crippen LogP contribution in [0.4, 0.5) is 10.2 Å². The summed E-state index contributed by atoms with van der Waals surface area (Å²) in [6, 6.07) is 4.06. The van der Waals surface area contributed by atoms with Gasteiger partial charge in [-0.2, -0.15) is 0 Å². The Labute approximate surface area is 113 Å². The summed E-state index contributed by atoms with van der Waals surface area (Å²) in [6.07, 6.45) is 0. The highest BCUT2D eigenvalue weighted by atomic mass is 35.5. The molecule has 0 atom stereocenters. The number of halogens is 2. The summed E-state index contributed by atoms with van der Waals surface area (Å²) in [5.41, 5.74) is 11.8. The molecule has 0 spiro atoms. The lowest BCUT2D eigenvalue weighted by Gasteiger charge is -2.08. The minimum atomic E-state index is -0.696. The number of hydrogen-bond donors (Lipinski definition) is 2. The molecular weight excluding hydrogens is 271 g/mol. The SMILES string of the molecule is Cc1nc(-c2ccc(F)c(Cl)c2)nc(N)c1C(N)=O. The predicted molar refractivity (Wildman–Crippen MR) is 70.1 cm³/mol. The molecule has 98 valence electrons. The average Bonchev–Trinajstić information content (AvgIpc) is 2.31. The number of amides is 1. The maximum Gasteiger partial charge on any atom is 0.254 e. The van der Waals surface area contributed by atoms with Gasteiger partial charge in [-0.3, -0.25) is 4.79 Å². The van der Waals surface area contributed by atoms with Crippen molar-refractivity contribution in [2.24, 2.45) is 5.73 Å². The molecule has 0 saturated heterocycles. The number of rotatable bonds is 2. The summed E-state index contributed by atoms with van der Waals surface area (Å²) in [6.45, 7) is 1.59. The molecule has 7 heteroatoms. The van der Waals surface area contributed by atoms with Crippen LogP contribution in [-0.2, 0) is 0 Å². The van der Waals surface area contributed by atoms with E-state index in [2.05, 4.69) is 9.97 Å². The zero-order chi connectivity index (χ0) is 14.2. The molecule has 1 amide bonds. The van der Waals surface area contributed by atoms with Crippen molar-refractivity contribution in [1.29, 1.82) is 0 Å². The van der Waals surface area contributed by atoms with E-state index < -0.39 is 11.7 Å². The Kier molecular flexibility index (Phi) is 3.35. The van der Waals surface area contributed by atoms with Crippen molar-refractivity contribution >= 4 is 23.3 Å². The van der Waals surface area contributed by atoms with Gasteiger partial charge in [-0.15, -0.1) is 0 Å². The first-order valence-corrected chi connectivity index (χ1v) is 5.67. The first-order valence-electron chi connectivity index (χ1n) is 5.29. The minimum Gasteiger partial charge on any atom is -0.383 e. The summed E-state index contributed by atoms with van der Waals surface area (Å²) in [5.74, 6) is -1.00. The van der Waals surface area contributed by atoms with Gasteiger partial charge >= 0.3 is 0 Å². The Bertz CT molecular complexity index is 652. The van der Waals surface area contributed by atoms with Crippen molar-refractivity contribution in [3.8, 4) is 11.4 Å². The molecule has 1 aromatic heterocycles. The molecule has 4 N–H and O–H groups in total. The molecule has 5 nitrogen and oxygen atoms in total. The largest absolute Gasteiger partial charge is 0.383 e. The fourth-order valence-corrected chi connectivity index (χ4v) is 1.84. The van der Waals surface area contributed by atoms with Crippen molar-refractivity contribution < 1.29 is 9.18 Å². The molecule has 1 heterocycles. The highest BCUT2D eigenvalue weighted by Gasteiger charge is 2.15. The maximum atomic E-state index is 13.1. The molecule has 19 heavy (non-hydrogen) atoms. The van der Waals surface area contributed by atoms with Crippen molar-refractivity contribution in [1.82, 2.24) is 9.97 Å². The lowest BCUT2D eigenvalue weighted by Crippen LogP contribution is -2.17. The molecule has 1 aromatic carbocycles. The molecular formula is C12H10ClFN4O. The lowest BCUT2D eigenvalue weighted by molar-refractivity contribution is 0.1000. The van der Waals surface area contributed by atoms with Gasteiger partial charge in [0.25, 0.3) is 5.91 Å². The number of carbonyl (C=O) groups is 1. The molecule has 0 saturated carbocycles. The fourth-order valence-electron chi connectivity index (χ4n) is 1.66. The number of nitrogens with zero attached hydrogens (tertiary/aromatic N) is 2. The Balaban J connectivity index is 2.58. The molecule has 2 aromatic rings. The van der Waals surface area contributed by atoms with Crippen molar-refractivity contribution in [2.45, 2.75) is 6.92 Å². The molecule has 0 aliphatic carbocycles. The smallest absolute Gasteiger partial charge is 0.254 e. The number of aromatic nitrogens is 2. The molecule has 0 radical (unpaired) electrons. The van der Waals surface area contributed by atoms with Crippen LogP contribution >= 0.6 is 11.6 Å². The van der Waals surface area contributed by atoms with E-state index >= 15 is 0 Å². The number of nitrogens with two attached hydrogens (primary N) is 2. The van der Waals surface area contributed by atoms with Crippen LogP contribution in [0.5, 0.6) is 0 Å². The predicted octanol–water partition coefficient (Wildman–Crippen LogP) is 1.93. The van der Waals surface area contributed by atoms with Gasteiger partial charge in [0, 0.05) is 5.56 Å². The van der Waals surface area contributed by atoms with Crippen molar-refractivity contribution in [3.05, 3.63) is 40.3 Å². The van der Waals surface area contributed by atoms with Gasteiger partial charge in [-0.1, -0.05) is 11.6 Å². The third-order valence-corrected chi connectivity index (χ3v) is 2.83. The summed E-state index contributed by atoms with van der Waals surface area (Å²) >= 11 is 5.69. The van der Waals surface area contributed by atoms with Gasteiger partial charge in [-0.25, -0.2) is 14.4 Å². The molecule has 2 rings (SSSR count). The maximum absolute atomic E-state index is 13.1. The van der Waals surface area contributed by atoms with E-state index in [9.17, 15) is 9.18 Å². The van der Waals surface area contributed by atoms with Gasteiger partial charge in [0.2, 0.25) is 0 Å². The first kappa shape index (κ1) is 13.2. The highest BCUT2D eigenvalue weighted by molar-refractivity contribution is 6.31. The number of hydrogen-bond acceptors (Lipinski definition) is 4. The topological polar surface area (TPSA) is 94.9 Å². The highest BCUT2D eigenvalue weighted by Crippen LogP contribution is 2.24. The second-order valence-electron chi connectivity index (χ2n) is 3.89. The number of anilines is 1. The molecule has 0 fully saturated rings. The van der Waals surface area contributed by atoms with Crippen LogP contribution in [-0.4, -0.2) is 15.9 Å². The van der Waals surface area contributed by atoms with Crippen molar-refractivity contribution in [2.75, 3.05) is 5.73 Å². The lowest BCUT2D eigenvalue weighted by atomic mass is 10.1. The number of aryl methyl sites for hydroxylation is 1. The molecule has 0 bridgehead atoms. The number of benzene rings is 1. The van der Waals surface area contributed by atoms with E-state index in [1.807, 2.05) is 0 Å². The van der Waals surface area contributed by atoms with Crippen LogP contribution < -0.4 is 11.5 Å². The number of carbonyl (C=O) groups excluding carboxylic acids is 1. The first-order chi connectivity index (χ1) is 8.90. The van der Waals surface area contributed by atoms with Gasteiger partial charge in [0.05, 0.1) is 10.7 Å². The van der Waals surface area contributed by atoms with Gasteiger partial charge < -0.3 is 11.5 Å². The second kappa shape index (κ2) is 4.81. The number of primary amides is 1. The fraction of sp³-hybridized carbons (Fsp3) is 0.0833. The Morgan fingerprint density at radius 3 is 2.58 bits per heavy atom. The van der Waals surface area contributed by atoms with Crippen molar-refractivity contribution in [3.63, 3.8) is 0 Å². The van der Waals surface area contributed by atoms with Gasteiger partial charge in [0.1, 0.15) is 17.2 Å².